The number of benzene rings is 1. The Balaban J connectivity index is 1.81. The van der Waals surface area contributed by atoms with Gasteiger partial charge in [-0.05, 0) is 61.3 Å². The van der Waals surface area contributed by atoms with Gasteiger partial charge >= 0.3 is 0 Å². The quantitative estimate of drug-likeness (QED) is 0.802. The summed E-state index contributed by atoms with van der Waals surface area (Å²) in [5, 5.41) is 5.13. The largest absolute Gasteiger partial charge is 0.313 e. The van der Waals surface area contributed by atoms with Crippen LogP contribution < -0.4 is 5.32 Å². The molecule has 1 aromatic rings. The summed E-state index contributed by atoms with van der Waals surface area (Å²) in [6.45, 7) is 3.45. The molecule has 2 aliphatic rings. The fourth-order valence-electron chi connectivity index (χ4n) is 4.32. The Morgan fingerprint density at radius 3 is 2.75 bits per heavy atom. The summed E-state index contributed by atoms with van der Waals surface area (Å²) in [5.74, 6) is 2.28. The molecule has 1 unspecified atom stereocenters. The lowest BCUT2D eigenvalue weighted by Crippen LogP contribution is -2.30. The van der Waals surface area contributed by atoms with Crippen LogP contribution in [-0.4, -0.2) is 12.6 Å². The van der Waals surface area contributed by atoms with Crippen LogP contribution in [0.15, 0.2) is 18.2 Å². The summed E-state index contributed by atoms with van der Waals surface area (Å²) in [5.41, 5.74) is 1.38. The molecule has 1 N–H and O–H groups in total. The van der Waals surface area contributed by atoms with E-state index >= 15 is 0 Å². The van der Waals surface area contributed by atoms with Crippen LogP contribution in [0.1, 0.15) is 50.5 Å². The average Bonchev–Trinajstić information content (AvgIpc) is 2.86. The topological polar surface area (TPSA) is 12.0 Å². The Labute approximate surface area is 132 Å². The molecular formula is C17H23Cl2N. The van der Waals surface area contributed by atoms with Crippen LogP contribution in [0.3, 0.4) is 0 Å². The van der Waals surface area contributed by atoms with E-state index in [1.807, 2.05) is 6.07 Å². The third kappa shape index (κ3) is 2.73. The first-order chi connectivity index (χ1) is 9.70. The van der Waals surface area contributed by atoms with E-state index in [9.17, 15) is 0 Å². The number of nitrogens with one attached hydrogen (secondary N) is 1. The molecule has 0 amide bonds. The van der Waals surface area contributed by atoms with Crippen LogP contribution >= 0.6 is 23.2 Å². The van der Waals surface area contributed by atoms with Crippen molar-refractivity contribution in [3.05, 3.63) is 33.8 Å². The van der Waals surface area contributed by atoms with Gasteiger partial charge in [0, 0.05) is 6.04 Å². The second-order valence-electron chi connectivity index (χ2n) is 6.34. The van der Waals surface area contributed by atoms with Gasteiger partial charge in [-0.2, -0.15) is 0 Å². The van der Waals surface area contributed by atoms with Crippen LogP contribution in [0.5, 0.6) is 0 Å². The lowest BCUT2D eigenvalue weighted by Gasteiger charge is -2.35. The van der Waals surface area contributed by atoms with Gasteiger partial charge in [0.05, 0.1) is 10.0 Å². The van der Waals surface area contributed by atoms with Gasteiger partial charge in [0.25, 0.3) is 0 Å². The number of fused-ring (bicyclic) bond motifs is 1. The van der Waals surface area contributed by atoms with Crippen molar-refractivity contribution < 1.29 is 0 Å². The molecule has 20 heavy (non-hydrogen) atoms. The summed E-state index contributed by atoms with van der Waals surface area (Å²) in [6.07, 6.45) is 6.61. The Morgan fingerprint density at radius 1 is 1.15 bits per heavy atom. The molecule has 4 atom stereocenters. The predicted octanol–water partition coefficient (Wildman–Crippen LogP) is 5.27. The van der Waals surface area contributed by atoms with Crippen LogP contribution in [0, 0.1) is 11.8 Å². The second kappa shape index (κ2) is 6.25. The number of hydrogen-bond donors (Lipinski definition) is 1. The molecule has 110 valence electrons. The summed E-state index contributed by atoms with van der Waals surface area (Å²) in [7, 11) is 0. The van der Waals surface area contributed by atoms with E-state index in [0.29, 0.717) is 16.0 Å². The first-order valence-corrected chi connectivity index (χ1v) is 8.64. The SMILES string of the molecule is CCCC1NC[C@H]2[C@@H](c3ccc(Cl)c(Cl)c3)CCC[C@@H]12. The molecule has 3 heteroatoms. The minimum atomic E-state index is 0.651. The monoisotopic (exact) mass is 311 g/mol. The molecule has 1 nitrogen and oxygen atoms in total. The molecule has 1 aromatic carbocycles. The van der Waals surface area contributed by atoms with Gasteiger partial charge < -0.3 is 5.32 Å². The number of halogens is 2. The summed E-state index contributed by atoms with van der Waals surface area (Å²) >= 11 is 12.3. The number of rotatable bonds is 3. The highest BCUT2D eigenvalue weighted by molar-refractivity contribution is 6.42. The lowest BCUT2D eigenvalue weighted by molar-refractivity contribution is 0.226. The molecule has 0 spiro atoms. The molecule has 0 bridgehead atoms. The highest BCUT2D eigenvalue weighted by Gasteiger charge is 2.42. The summed E-state index contributed by atoms with van der Waals surface area (Å²) in [6, 6.07) is 6.95. The Kier molecular flexibility index (Phi) is 4.59. The zero-order valence-corrected chi connectivity index (χ0v) is 13.6. The predicted molar refractivity (Wildman–Crippen MR) is 86.7 cm³/mol. The van der Waals surface area contributed by atoms with Gasteiger partial charge in [-0.25, -0.2) is 0 Å². The van der Waals surface area contributed by atoms with Gasteiger partial charge in [-0.3, -0.25) is 0 Å². The third-order valence-electron chi connectivity index (χ3n) is 5.22. The van der Waals surface area contributed by atoms with Crippen LogP contribution in [0.4, 0.5) is 0 Å². The molecule has 0 aromatic heterocycles. The van der Waals surface area contributed by atoms with Gasteiger partial charge in [-0.1, -0.05) is 49.0 Å². The van der Waals surface area contributed by atoms with E-state index in [0.717, 1.165) is 17.9 Å². The van der Waals surface area contributed by atoms with Crippen molar-refractivity contribution in [1.29, 1.82) is 0 Å². The van der Waals surface area contributed by atoms with E-state index in [-0.39, 0.29) is 0 Å². The van der Waals surface area contributed by atoms with Crippen LogP contribution in [-0.2, 0) is 0 Å². The second-order valence-corrected chi connectivity index (χ2v) is 7.16. The van der Waals surface area contributed by atoms with Crippen LogP contribution in [0.25, 0.3) is 0 Å². The van der Waals surface area contributed by atoms with E-state index in [1.54, 1.807) is 0 Å². The van der Waals surface area contributed by atoms with Crippen molar-refractivity contribution in [2.45, 2.75) is 51.0 Å². The normalized spacial score (nSPS) is 33.1. The molecule has 3 rings (SSSR count). The van der Waals surface area contributed by atoms with Gasteiger partial charge in [-0.15, -0.1) is 0 Å². The average molecular weight is 312 g/mol. The van der Waals surface area contributed by atoms with Crippen molar-refractivity contribution in [2.75, 3.05) is 6.54 Å². The Bertz CT molecular complexity index is 474. The zero-order chi connectivity index (χ0) is 14.1. The van der Waals surface area contributed by atoms with E-state index in [2.05, 4.69) is 24.4 Å². The molecule has 1 aliphatic carbocycles. The van der Waals surface area contributed by atoms with Gasteiger partial charge in [0.2, 0.25) is 0 Å². The first-order valence-electron chi connectivity index (χ1n) is 7.89. The molecule has 1 saturated carbocycles. The molecule has 0 radical (unpaired) electrons. The maximum Gasteiger partial charge on any atom is 0.0595 e. The van der Waals surface area contributed by atoms with Crippen molar-refractivity contribution in [3.63, 3.8) is 0 Å². The molecular weight excluding hydrogens is 289 g/mol. The Morgan fingerprint density at radius 2 is 2.00 bits per heavy atom. The zero-order valence-electron chi connectivity index (χ0n) is 12.0. The maximum absolute atomic E-state index is 6.21. The number of hydrogen-bond acceptors (Lipinski definition) is 1. The molecule has 1 saturated heterocycles. The van der Waals surface area contributed by atoms with Crippen LogP contribution in [0.2, 0.25) is 10.0 Å². The van der Waals surface area contributed by atoms with Crippen molar-refractivity contribution >= 4 is 23.2 Å². The smallest absolute Gasteiger partial charge is 0.0595 e. The summed E-state index contributed by atoms with van der Waals surface area (Å²) < 4.78 is 0. The van der Waals surface area contributed by atoms with E-state index < -0.39 is 0 Å². The lowest BCUT2D eigenvalue weighted by atomic mass is 9.69. The minimum absolute atomic E-state index is 0.651. The van der Waals surface area contributed by atoms with E-state index in [1.165, 1.54) is 44.2 Å². The van der Waals surface area contributed by atoms with Crippen molar-refractivity contribution in [2.24, 2.45) is 11.8 Å². The fraction of sp³-hybridized carbons (Fsp3) is 0.647. The molecule has 2 fully saturated rings. The molecule has 1 heterocycles. The molecule has 1 aliphatic heterocycles. The van der Waals surface area contributed by atoms with Crippen molar-refractivity contribution in [3.8, 4) is 0 Å². The fourth-order valence-corrected chi connectivity index (χ4v) is 4.62. The highest BCUT2D eigenvalue weighted by Crippen LogP contribution is 2.46. The first kappa shape index (κ1) is 14.7. The van der Waals surface area contributed by atoms with Crippen molar-refractivity contribution in [1.82, 2.24) is 5.32 Å². The summed E-state index contributed by atoms with van der Waals surface area (Å²) in [4.78, 5) is 0. The standard InChI is InChI=1S/C17H23Cl2N/c1-2-4-17-13-6-3-5-12(14(13)10-20-17)11-7-8-15(18)16(19)9-11/h7-9,12-14,17,20H,2-6,10H2,1H3/t12-,13-,14+,17?/m1/s1. The highest BCUT2D eigenvalue weighted by atomic mass is 35.5. The minimum Gasteiger partial charge on any atom is -0.313 e. The maximum atomic E-state index is 6.21. The van der Waals surface area contributed by atoms with E-state index in [4.69, 9.17) is 23.2 Å². The third-order valence-corrected chi connectivity index (χ3v) is 5.96. The van der Waals surface area contributed by atoms with Gasteiger partial charge in [0.1, 0.15) is 0 Å². The van der Waals surface area contributed by atoms with Gasteiger partial charge in [0.15, 0.2) is 0 Å². The Hall–Kier alpha value is -0.240.